The fraction of sp³-hybridized carbons (Fsp3) is 0.769. The monoisotopic (exact) mass is 234 g/mol. The highest BCUT2D eigenvalue weighted by Gasteiger charge is 2.29. The Hall–Kier alpha value is -1.19. The van der Waals surface area contributed by atoms with Gasteiger partial charge in [0.25, 0.3) is 0 Å². The first-order chi connectivity index (χ1) is 8.33. The van der Waals surface area contributed by atoms with Crippen molar-refractivity contribution in [2.75, 3.05) is 0 Å². The summed E-state index contributed by atoms with van der Waals surface area (Å²) < 4.78 is 5.28. The van der Waals surface area contributed by atoms with Crippen LogP contribution in [0.25, 0.3) is 0 Å². The third-order valence-electron chi connectivity index (χ3n) is 3.75. The van der Waals surface area contributed by atoms with Crippen molar-refractivity contribution in [3.05, 3.63) is 11.7 Å². The molecule has 2 saturated carbocycles. The van der Waals surface area contributed by atoms with E-state index in [-0.39, 0.29) is 11.7 Å². The zero-order valence-corrected chi connectivity index (χ0v) is 10.0. The minimum atomic E-state index is -0.127. The van der Waals surface area contributed by atoms with Crippen molar-refractivity contribution < 1.29 is 9.32 Å². The molecule has 0 aromatic carbocycles. The van der Waals surface area contributed by atoms with E-state index in [1.54, 1.807) is 0 Å². The van der Waals surface area contributed by atoms with Crippen LogP contribution in [0.5, 0.6) is 0 Å². The van der Waals surface area contributed by atoms with Crippen molar-refractivity contribution >= 4 is 5.78 Å². The lowest BCUT2D eigenvalue weighted by molar-refractivity contribution is -0.120. The lowest BCUT2D eigenvalue weighted by Gasteiger charge is -2.06. The minimum absolute atomic E-state index is 0.127. The van der Waals surface area contributed by atoms with Gasteiger partial charge in [0.05, 0.1) is 5.92 Å². The molecule has 2 fully saturated rings. The molecule has 4 heteroatoms. The van der Waals surface area contributed by atoms with Gasteiger partial charge in [0.15, 0.2) is 5.82 Å². The van der Waals surface area contributed by atoms with E-state index in [2.05, 4.69) is 10.1 Å². The Morgan fingerprint density at radius 2 is 2.06 bits per heavy atom. The maximum Gasteiger partial charge on any atom is 0.237 e. The predicted molar refractivity (Wildman–Crippen MR) is 61.6 cm³/mol. The van der Waals surface area contributed by atoms with E-state index in [1.807, 2.05) is 0 Å². The quantitative estimate of drug-likeness (QED) is 0.754. The summed E-state index contributed by atoms with van der Waals surface area (Å²) in [6.45, 7) is 0. The Kier molecular flexibility index (Phi) is 2.95. The summed E-state index contributed by atoms with van der Waals surface area (Å²) >= 11 is 0. The van der Waals surface area contributed by atoms with Gasteiger partial charge < -0.3 is 4.52 Å². The van der Waals surface area contributed by atoms with Crippen molar-refractivity contribution in [1.29, 1.82) is 0 Å². The zero-order chi connectivity index (χ0) is 11.7. The maximum absolute atomic E-state index is 11.9. The summed E-state index contributed by atoms with van der Waals surface area (Å²) in [5.41, 5.74) is 0. The van der Waals surface area contributed by atoms with E-state index in [0.29, 0.717) is 12.3 Å². The van der Waals surface area contributed by atoms with Crippen molar-refractivity contribution in [3.63, 3.8) is 0 Å². The molecule has 92 valence electrons. The van der Waals surface area contributed by atoms with Gasteiger partial charge in [0.2, 0.25) is 5.89 Å². The minimum Gasteiger partial charge on any atom is -0.339 e. The van der Waals surface area contributed by atoms with Crippen molar-refractivity contribution in [3.8, 4) is 0 Å². The number of aromatic nitrogens is 2. The van der Waals surface area contributed by atoms with Crippen molar-refractivity contribution in [2.45, 2.75) is 57.3 Å². The highest BCUT2D eigenvalue weighted by atomic mass is 16.5. The Balaban J connectivity index is 1.72. The van der Waals surface area contributed by atoms with Crippen LogP contribution in [0.15, 0.2) is 4.52 Å². The number of ketones is 1. The summed E-state index contributed by atoms with van der Waals surface area (Å²) in [5, 5.41) is 4.00. The van der Waals surface area contributed by atoms with Crippen LogP contribution in [0.2, 0.25) is 0 Å². The number of nitrogens with zero attached hydrogens (tertiary/aromatic N) is 2. The molecule has 0 bridgehead atoms. The Morgan fingerprint density at radius 3 is 2.88 bits per heavy atom. The molecular formula is C13H18N2O2. The van der Waals surface area contributed by atoms with Gasteiger partial charge in [0.1, 0.15) is 5.78 Å². The Bertz CT molecular complexity index is 409. The fourth-order valence-electron chi connectivity index (χ4n) is 2.49. The lowest BCUT2D eigenvalue weighted by Crippen LogP contribution is -2.10. The SMILES string of the molecule is O=C1CCCCCC1c1nc(CC2CC2)no1. The summed E-state index contributed by atoms with van der Waals surface area (Å²) in [6.07, 6.45) is 8.29. The van der Waals surface area contributed by atoms with Gasteiger partial charge in [-0.25, -0.2) is 0 Å². The molecule has 0 N–H and O–H groups in total. The molecule has 1 atom stereocenters. The van der Waals surface area contributed by atoms with Crippen molar-refractivity contribution in [2.24, 2.45) is 5.92 Å². The number of rotatable bonds is 3. The van der Waals surface area contributed by atoms with Gasteiger partial charge >= 0.3 is 0 Å². The van der Waals surface area contributed by atoms with Gasteiger partial charge in [-0.05, 0) is 31.6 Å². The molecule has 4 nitrogen and oxygen atoms in total. The summed E-state index contributed by atoms with van der Waals surface area (Å²) in [6, 6.07) is 0. The van der Waals surface area contributed by atoms with Crippen LogP contribution in [0, 0.1) is 5.92 Å². The molecule has 3 rings (SSSR count). The Morgan fingerprint density at radius 1 is 1.18 bits per heavy atom. The Labute approximate surface area is 101 Å². The molecule has 2 aliphatic carbocycles. The van der Waals surface area contributed by atoms with Crippen LogP contribution in [0.3, 0.4) is 0 Å². The van der Waals surface area contributed by atoms with Crippen LogP contribution in [-0.2, 0) is 11.2 Å². The van der Waals surface area contributed by atoms with E-state index in [0.717, 1.165) is 43.8 Å². The smallest absolute Gasteiger partial charge is 0.237 e. The largest absolute Gasteiger partial charge is 0.339 e. The zero-order valence-electron chi connectivity index (χ0n) is 10.0. The second-order valence-electron chi connectivity index (χ2n) is 5.31. The van der Waals surface area contributed by atoms with Crippen LogP contribution in [0.1, 0.15) is 62.6 Å². The topological polar surface area (TPSA) is 56.0 Å². The average molecular weight is 234 g/mol. The number of hydrogen-bond donors (Lipinski definition) is 0. The van der Waals surface area contributed by atoms with Crippen LogP contribution < -0.4 is 0 Å². The predicted octanol–water partition coefficient (Wildman–Crippen LogP) is 2.64. The second-order valence-corrected chi connectivity index (χ2v) is 5.31. The van der Waals surface area contributed by atoms with Crippen molar-refractivity contribution in [1.82, 2.24) is 10.1 Å². The standard InChI is InChI=1S/C13H18N2O2/c16-11-5-3-1-2-4-10(11)13-14-12(15-17-13)8-9-6-7-9/h9-10H,1-8H2. The maximum atomic E-state index is 11.9. The molecule has 0 spiro atoms. The third kappa shape index (κ3) is 2.56. The molecule has 17 heavy (non-hydrogen) atoms. The third-order valence-corrected chi connectivity index (χ3v) is 3.75. The molecule has 1 unspecified atom stereocenters. The molecule has 0 amide bonds. The second kappa shape index (κ2) is 4.59. The van der Waals surface area contributed by atoms with Crippen LogP contribution in [0.4, 0.5) is 0 Å². The van der Waals surface area contributed by atoms with E-state index in [4.69, 9.17) is 4.52 Å². The van der Waals surface area contributed by atoms with E-state index in [1.165, 1.54) is 12.8 Å². The lowest BCUT2D eigenvalue weighted by atomic mass is 9.99. The first-order valence-corrected chi connectivity index (χ1v) is 6.68. The summed E-state index contributed by atoms with van der Waals surface area (Å²) in [5.74, 6) is 2.26. The summed E-state index contributed by atoms with van der Waals surface area (Å²) in [7, 11) is 0. The molecule has 0 aliphatic heterocycles. The first-order valence-electron chi connectivity index (χ1n) is 6.68. The summed E-state index contributed by atoms with van der Waals surface area (Å²) in [4.78, 5) is 16.3. The first kappa shape index (κ1) is 10.9. The highest BCUT2D eigenvalue weighted by Crippen LogP contribution is 2.33. The average Bonchev–Trinajstić information content (AvgIpc) is 3.05. The molecule has 1 aromatic heterocycles. The molecule has 2 aliphatic rings. The molecule has 0 radical (unpaired) electrons. The van der Waals surface area contributed by atoms with Gasteiger partial charge in [-0.15, -0.1) is 0 Å². The number of carbonyl (C=O) groups excluding carboxylic acids is 1. The number of carbonyl (C=O) groups is 1. The van der Waals surface area contributed by atoms with Gasteiger partial charge in [0, 0.05) is 12.8 Å². The van der Waals surface area contributed by atoms with E-state index >= 15 is 0 Å². The molecule has 0 saturated heterocycles. The van der Waals surface area contributed by atoms with Gasteiger partial charge in [-0.2, -0.15) is 4.98 Å². The highest BCUT2D eigenvalue weighted by molar-refractivity contribution is 5.84. The van der Waals surface area contributed by atoms with Crippen LogP contribution >= 0.6 is 0 Å². The van der Waals surface area contributed by atoms with E-state index in [9.17, 15) is 4.79 Å². The molecular weight excluding hydrogens is 216 g/mol. The van der Waals surface area contributed by atoms with E-state index < -0.39 is 0 Å². The van der Waals surface area contributed by atoms with Crippen LogP contribution in [-0.4, -0.2) is 15.9 Å². The number of hydrogen-bond acceptors (Lipinski definition) is 4. The molecule has 1 aromatic rings. The number of Topliss-reactive ketones (excluding diaryl/α,β-unsaturated/α-hetero) is 1. The normalized spacial score (nSPS) is 25.9. The fourth-order valence-corrected chi connectivity index (χ4v) is 2.49. The molecule has 1 heterocycles. The van der Waals surface area contributed by atoms with Gasteiger partial charge in [-0.3, -0.25) is 4.79 Å². The van der Waals surface area contributed by atoms with Gasteiger partial charge in [-0.1, -0.05) is 18.0 Å².